The van der Waals surface area contributed by atoms with Crippen molar-refractivity contribution in [3.05, 3.63) is 103 Å². The molecular weight excluding hydrogens is 569 g/mol. The molecule has 0 saturated carbocycles. The Morgan fingerprint density at radius 1 is 0.837 bits per heavy atom. The third-order valence-corrected chi connectivity index (χ3v) is 8.19. The van der Waals surface area contributed by atoms with Crippen molar-refractivity contribution >= 4 is 33.1 Å². The number of carbonyl (C=O) groups excluding carboxylic acids is 1. The molecule has 226 valence electrons. The van der Waals surface area contributed by atoms with Crippen LogP contribution in [-0.2, 0) is 14.8 Å². The first kappa shape index (κ1) is 31.5. The molecule has 0 aliphatic carbocycles. The number of anilines is 3. The molecule has 0 fully saturated rings. The van der Waals surface area contributed by atoms with E-state index >= 15 is 0 Å². The Kier molecular flexibility index (Phi) is 10.1. The van der Waals surface area contributed by atoms with Crippen molar-refractivity contribution in [3.8, 4) is 16.9 Å². The highest BCUT2D eigenvalue weighted by Crippen LogP contribution is 2.36. The third-order valence-electron chi connectivity index (χ3n) is 6.38. The Morgan fingerprint density at radius 2 is 1.53 bits per heavy atom. The average molecular weight is 606 g/mol. The van der Waals surface area contributed by atoms with Crippen LogP contribution in [0.4, 0.5) is 26.2 Å². The highest BCUT2D eigenvalue weighted by molar-refractivity contribution is 7.92. The van der Waals surface area contributed by atoms with Gasteiger partial charge in [-0.1, -0.05) is 42.5 Å². The predicted octanol–water partition coefficient (Wildman–Crippen LogP) is 7.55. The third kappa shape index (κ3) is 8.56. The maximum atomic E-state index is 14.2. The lowest BCUT2D eigenvalue weighted by Crippen LogP contribution is -2.33. The van der Waals surface area contributed by atoms with Gasteiger partial charge < -0.3 is 20.1 Å². The van der Waals surface area contributed by atoms with E-state index in [2.05, 4.69) is 10.6 Å². The van der Waals surface area contributed by atoms with Gasteiger partial charge in [-0.3, -0.25) is 4.31 Å². The second-order valence-corrected chi connectivity index (χ2v) is 12.6. The number of carbonyl (C=O) groups is 1. The normalized spacial score (nSPS) is 11.6. The molecule has 0 unspecified atom stereocenters. The van der Waals surface area contributed by atoms with Crippen molar-refractivity contribution in [3.63, 3.8) is 0 Å². The zero-order valence-electron chi connectivity index (χ0n) is 24.6. The van der Waals surface area contributed by atoms with E-state index in [0.29, 0.717) is 41.2 Å². The molecule has 43 heavy (non-hydrogen) atoms. The summed E-state index contributed by atoms with van der Waals surface area (Å²) in [5.41, 5.74) is 2.29. The maximum absolute atomic E-state index is 14.2. The van der Waals surface area contributed by atoms with E-state index in [1.54, 1.807) is 60.7 Å². The van der Waals surface area contributed by atoms with Gasteiger partial charge in [0.1, 0.15) is 11.6 Å². The number of benzene rings is 4. The number of amides is 2. The van der Waals surface area contributed by atoms with Gasteiger partial charge in [0.05, 0.1) is 23.3 Å². The molecule has 0 radical (unpaired) electrons. The summed E-state index contributed by atoms with van der Waals surface area (Å²) in [6, 6.07) is 25.7. The van der Waals surface area contributed by atoms with E-state index in [9.17, 15) is 17.6 Å². The Morgan fingerprint density at radius 3 is 2.21 bits per heavy atom. The lowest BCUT2D eigenvalue weighted by molar-refractivity contribution is -0.00302. The Hall–Kier alpha value is -4.41. The molecule has 0 bridgehead atoms. The van der Waals surface area contributed by atoms with Crippen LogP contribution in [0.25, 0.3) is 11.1 Å². The van der Waals surface area contributed by atoms with E-state index in [1.807, 2.05) is 39.0 Å². The molecular formula is C33H36FN3O5S. The SMILES string of the molecule is COc1cc(NC(=O)Nc2ccccc2)ccc1N(CCCOC(C)(C)C)S(=O)(=O)c1cccc(-c2ccc(F)cc2)c1. The molecule has 0 atom stereocenters. The monoisotopic (exact) mass is 605 g/mol. The second-order valence-electron chi connectivity index (χ2n) is 10.8. The summed E-state index contributed by atoms with van der Waals surface area (Å²) in [6.45, 7) is 6.25. The van der Waals surface area contributed by atoms with Crippen LogP contribution in [0.1, 0.15) is 27.2 Å². The number of nitrogens with zero attached hydrogens (tertiary/aromatic N) is 1. The molecule has 0 aliphatic heterocycles. The molecule has 4 aromatic carbocycles. The summed E-state index contributed by atoms with van der Waals surface area (Å²) in [5, 5.41) is 5.50. The molecule has 4 aromatic rings. The van der Waals surface area contributed by atoms with Crippen molar-refractivity contribution in [1.82, 2.24) is 0 Å². The molecule has 8 nitrogen and oxygen atoms in total. The van der Waals surface area contributed by atoms with Gasteiger partial charge in [-0.05, 0) is 86.8 Å². The molecule has 10 heteroatoms. The zero-order chi connectivity index (χ0) is 31.0. The minimum absolute atomic E-state index is 0.0672. The number of methoxy groups -OCH3 is 1. The molecule has 2 N–H and O–H groups in total. The highest BCUT2D eigenvalue weighted by atomic mass is 32.2. The molecule has 4 rings (SSSR count). The second kappa shape index (κ2) is 13.7. The van der Waals surface area contributed by atoms with Gasteiger partial charge in [0.2, 0.25) is 0 Å². The lowest BCUT2D eigenvalue weighted by atomic mass is 10.1. The summed E-state index contributed by atoms with van der Waals surface area (Å²) >= 11 is 0. The fraction of sp³-hybridized carbons (Fsp3) is 0.242. The van der Waals surface area contributed by atoms with Crippen LogP contribution < -0.4 is 19.7 Å². The van der Waals surface area contributed by atoms with Crippen molar-refractivity contribution < 1.29 is 27.1 Å². The van der Waals surface area contributed by atoms with Crippen LogP contribution in [-0.4, -0.2) is 40.3 Å². The average Bonchev–Trinajstić information content (AvgIpc) is 2.97. The molecule has 2 amide bonds. The highest BCUT2D eigenvalue weighted by Gasteiger charge is 2.28. The van der Waals surface area contributed by atoms with E-state index in [4.69, 9.17) is 9.47 Å². The number of hydrogen-bond donors (Lipinski definition) is 2. The summed E-state index contributed by atoms with van der Waals surface area (Å²) in [6.07, 6.45) is 0.413. The van der Waals surface area contributed by atoms with E-state index in [1.165, 1.54) is 29.6 Å². The van der Waals surface area contributed by atoms with Crippen LogP contribution in [0.3, 0.4) is 0 Å². The summed E-state index contributed by atoms with van der Waals surface area (Å²) < 4.78 is 54.6. The first-order valence-corrected chi connectivity index (χ1v) is 15.2. The van der Waals surface area contributed by atoms with Gasteiger partial charge in [-0.25, -0.2) is 17.6 Å². The van der Waals surface area contributed by atoms with Crippen molar-refractivity contribution in [2.45, 2.75) is 37.7 Å². The van der Waals surface area contributed by atoms with E-state index in [0.717, 1.165) is 0 Å². The summed E-state index contributed by atoms with van der Waals surface area (Å²) in [7, 11) is -2.65. The first-order chi connectivity index (χ1) is 20.5. The first-order valence-electron chi connectivity index (χ1n) is 13.8. The molecule has 0 spiro atoms. The molecule has 0 heterocycles. The number of rotatable bonds is 11. The number of sulfonamides is 1. The van der Waals surface area contributed by atoms with Crippen LogP contribution in [0.15, 0.2) is 102 Å². The van der Waals surface area contributed by atoms with Gasteiger partial charge in [0, 0.05) is 30.6 Å². The smallest absolute Gasteiger partial charge is 0.323 e. The summed E-state index contributed by atoms with van der Waals surface area (Å²) in [4.78, 5) is 12.6. The molecule has 0 aromatic heterocycles. The maximum Gasteiger partial charge on any atom is 0.323 e. The number of urea groups is 1. The number of ether oxygens (including phenoxy) is 2. The Bertz CT molecular complexity index is 1640. The topological polar surface area (TPSA) is 97.0 Å². The van der Waals surface area contributed by atoms with Gasteiger partial charge in [0.25, 0.3) is 10.0 Å². The Labute approximate surface area is 252 Å². The summed E-state index contributed by atoms with van der Waals surface area (Å²) in [5.74, 6) is -0.119. The standard InChI is InChI=1S/C33H36FN3O5S/c1-33(2,3)42-21-9-20-37(43(39,40)29-13-8-10-25(22-29)24-14-16-26(34)17-15-24)30-19-18-28(23-31(30)41-4)36-32(38)35-27-11-6-5-7-12-27/h5-8,10-19,22-23H,9,20-21H2,1-4H3,(H2,35,36,38). The van der Waals surface area contributed by atoms with Gasteiger partial charge in [-0.15, -0.1) is 0 Å². The minimum atomic E-state index is -4.09. The quantitative estimate of drug-likeness (QED) is 0.172. The van der Waals surface area contributed by atoms with Crippen molar-refractivity contribution in [1.29, 1.82) is 0 Å². The minimum Gasteiger partial charge on any atom is -0.494 e. The van der Waals surface area contributed by atoms with Crippen molar-refractivity contribution in [2.75, 3.05) is 35.2 Å². The molecule has 0 saturated heterocycles. The van der Waals surface area contributed by atoms with Crippen LogP contribution in [0.2, 0.25) is 0 Å². The van der Waals surface area contributed by atoms with Crippen LogP contribution in [0, 0.1) is 5.82 Å². The van der Waals surface area contributed by atoms with Gasteiger partial charge in [-0.2, -0.15) is 0 Å². The lowest BCUT2D eigenvalue weighted by Gasteiger charge is -2.27. The number of nitrogens with one attached hydrogen (secondary N) is 2. The fourth-order valence-electron chi connectivity index (χ4n) is 4.34. The number of para-hydroxylation sites is 1. The zero-order valence-corrected chi connectivity index (χ0v) is 25.5. The number of halogens is 1. The predicted molar refractivity (Wildman–Crippen MR) is 169 cm³/mol. The van der Waals surface area contributed by atoms with Crippen LogP contribution in [0.5, 0.6) is 5.75 Å². The number of hydrogen-bond acceptors (Lipinski definition) is 5. The largest absolute Gasteiger partial charge is 0.494 e. The Balaban J connectivity index is 1.65. The van der Waals surface area contributed by atoms with Crippen molar-refractivity contribution in [2.24, 2.45) is 0 Å². The van der Waals surface area contributed by atoms with Crippen LogP contribution >= 0.6 is 0 Å². The molecule has 0 aliphatic rings. The van der Waals surface area contributed by atoms with Gasteiger partial charge >= 0.3 is 6.03 Å². The van der Waals surface area contributed by atoms with E-state index < -0.39 is 16.1 Å². The van der Waals surface area contributed by atoms with E-state index in [-0.39, 0.29) is 28.6 Å². The fourth-order valence-corrected chi connectivity index (χ4v) is 5.90. The van der Waals surface area contributed by atoms with Gasteiger partial charge in [0.15, 0.2) is 0 Å².